The Bertz CT molecular complexity index is 1510. The second kappa shape index (κ2) is 16.0. The monoisotopic (exact) mass is 632 g/mol. The molecule has 0 aliphatic carbocycles. The molecule has 13 heteroatoms. The van der Waals surface area contributed by atoms with Gasteiger partial charge >= 0.3 is 12.1 Å². The van der Waals surface area contributed by atoms with E-state index < -0.39 is 22.0 Å². The molecule has 0 saturated heterocycles. The molecule has 0 unspecified atom stereocenters. The summed E-state index contributed by atoms with van der Waals surface area (Å²) in [5.74, 6) is -1.91. The Morgan fingerprint density at radius 1 is 0.955 bits per heavy atom. The molecule has 0 bridgehead atoms. The van der Waals surface area contributed by atoms with Crippen molar-refractivity contribution in [3.05, 3.63) is 90.0 Å². The van der Waals surface area contributed by atoms with Crippen LogP contribution in [0.1, 0.15) is 24.0 Å². The Morgan fingerprint density at radius 3 is 2.11 bits per heavy atom. The Hall–Kier alpha value is -4.23. The van der Waals surface area contributed by atoms with Gasteiger partial charge in [-0.15, -0.1) is 0 Å². The van der Waals surface area contributed by atoms with Crippen LogP contribution in [0.25, 0.3) is 11.1 Å². The summed E-state index contributed by atoms with van der Waals surface area (Å²) in [4.78, 5) is 27.8. The van der Waals surface area contributed by atoms with E-state index in [9.17, 15) is 26.4 Å². The predicted molar refractivity (Wildman–Crippen MR) is 162 cm³/mol. The maximum atomic E-state index is 12.7. The van der Waals surface area contributed by atoms with E-state index in [1.807, 2.05) is 49.5 Å². The molecule has 9 nitrogen and oxygen atoms in total. The molecule has 1 heterocycles. The van der Waals surface area contributed by atoms with Crippen molar-refractivity contribution in [1.82, 2.24) is 15.5 Å². The SMILES string of the molecule is CN(CCc1ccc(C2=NCCN2)cc1)C(=O)CCCNCS(=O)(=O)c1ccc(-c2ccccc2)cc1.O=C(O)C(F)(F)F. The zero-order chi connectivity index (χ0) is 32.2. The lowest BCUT2D eigenvalue weighted by Crippen LogP contribution is -2.30. The number of sulfone groups is 1. The van der Waals surface area contributed by atoms with Gasteiger partial charge in [-0.25, -0.2) is 13.2 Å². The Labute approximate surface area is 254 Å². The third kappa shape index (κ3) is 10.8. The van der Waals surface area contributed by atoms with Gasteiger partial charge in [0.1, 0.15) is 11.7 Å². The minimum Gasteiger partial charge on any atom is -0.475 e. The van der Waals surface area contributed by atoms with E-state index in [4.69, 9.17) is 9.90 Å². The van der Waals surface area contributed by atoms with E-state index in [1.54, 1.807) is 17.0 Å². The number of carbonyl (C=O) groups excluding carboxylic acids is 1. The second-order valence-electron chi connectivity index (χ2n) is 9.98. The second-order valence-corrected chi connectivity index (χ2v) is 12.0. The highest BCUT2D eigenvalue weighted by Gasteiger charge is 2.38. The topological polar surface area (TPSA) is 128 Å². The van der Waals surface area contributed by atoms with E-state index in [2.05, 4.69) is 39.9 Å². The molecule has 0 radical (unpaired) electrons. The minimum absolute atomic E-state index is 0.0577. The van der Waals surface area contributed by atoms with Crippen molar-refractivity contribution in [3.63, 3.8) is 0 Å². The standard InChI is InChI=1S/C29H34N4O3S.C2HF3O2/c1-33(21-17-23-9-11-26(12-10-23)29-31-19-20-32-29)28(34)8-5-18-30-22-37(35,36)27-15-13-25(14-16-27)24-6-3-2-4-7-24;3-2(4,5)1(6)7/h2-4,6-7,9-16,30H,5,8,17-22H2,1H3,(H,31,32);(H,6,7). The van der Waals surface area contributed by atoms with E-state index in [0.29, 0.717) is 25.9 Å². The largest absolute Gasteiger partial charge is 0.490 e. The third-order valence-corrected chi connectivity index (χ3v) is 8.24. The number of carboxylic acid groups (broad SMARTS) is 1. The fourth-order valence-electron chi connectivity index (χ4n) is 4.17. The van der Waals surface area contributed by atoms with Crippen LogP contribution < -0.4 is 10.6 Å². The first kappa shape index (κ1) is 34.3. The number of alkyl halides is 3. The van der Waals surface area contributed by atoms with E-state index >= 15 is 0 Å². The first-order valence-electron chi connectivity index (χ1n) is 13.9. The number of rotatable bonds is 12. The number of amidine groups is 1. The highest BCUT2D eigenvalue weighted by molar-refractivity contribution is 7.91. The van der Waals surface area contributed by atoms with Crippen molar-refractivity contribution < 1.29 is 36.3 Å². The van der Waals surface area contributed by atoms with Crippen LogP contribution in [0.2, 0.25) is 0 Å². The number of aliphatic imine (C=N–C) groups is 1. The first-order valence-corrected chi connectivity index (χ1v) is 15.5. The number of hydrogen-bond acceptors (Lipinski definition) is 7. The summed E-state index contributed by atoms with van der Waals surface area (Å²) in [7, 11) is -1.63. The Kier molecular flexibility index (Phi) is 12.5. The number of aliphatic carboxylic acids is 1. The summed E-state index contributed by atoms with van der Waals surface area (Å²) in [6.07, 6.45) is -3.35. The summed E-state index contributed by atoms with van der Waals surface area (Å²) < 4.78 is 57.0. The number of carboxylic acids is 1. The third-order valence-electron chi connectivity index (χ3n) is 6.66. The molecule has 0 aromatic heterocycles. The molecule has 1 amide bonds. The average molecular weight is 633 g/mol. The van der Waals surface area contributed by atoms with Crippen LogP contribution in [0, 0.1) is 0 Å². The van der Waals surface area contributed by atoms with Crippen molar-refractivity contribution >= 4 is 27.5 Å². The van der Waals surface area contributed by atoms with Crippen LogP contribution in [0.4, 0.5) is 13.2 Å². The molecule has 3 aromatic rings. The highest BCUT2D eigenvalue weighted by atomic mass is 32.2. The number of nitrogens with zero attached hydrogens (tertiary/aromatic N) is 2. The maximum Gasteiger partial charge on any atom is 0.490 e. The zero-order valence-electron chi connectivity index (χ0n) is 24.2. The molecule has 3 aromatic carbocycles. The van der Waals surface area contributed by atoms with Crippen molar-refractivity contribution in [1.29, 1.82) is 0 Å². The average Bonchev–Trinajstić information content (AvgIpc) is 3.55. The number of halogens is 3. The number of amides is 1. The van der Waals surface area contributed by atoms with Gasteiger partial charge in [-0.05, 0) is 48.2 Å². The van der Waals surface area contributed by atoms with Crippen molar-refractivity contribution in [3.8, 4) is 11.1 Å². The van der Waals surface area contributed by atoms with Crippen molar-refractivity contribution in [2.45, 2.75) is 30.3 Å². The van der Waals surface area contributed by atoms with Gasteiger partial charge in [0.15, 0.2) is 9.84 Å². The van der Waals surface area contributed by atoms with Crippen LogP contribution in [-0.2, 0) is 25.8 Å². The molecule has 0 spiro atoms. The summed E-state index contributed by atoms with van der Waals surface area (Å²) in [5.41, 5.74) is 4.28. The fourth-order valence-corrected chi connectivity index (χ4v) is 5.30. The molecule has 0 saturated carbocycles. The molecule has 3 N–H and O–H groups in total. The van der Waals surface area contributed by atoms with Gasteiger partial charge in [0.05, 0.1) is 11.4 Å². The van der Waals surface area contributed by atoms with Gasteiger partial charge in [0.25, 0.3) is 0 Å². The normalized spacial score (nSPS) is 12.9. The van der Waals surface area contributed by atoms with Gasteiger partial charge in [-0.1, -0.05) is 66.7 Å². The number of benzene rings is 3. The van der Waals surface area contributed by atoms with Crippen molar-refractivity contribution in [2.75, 3.05) is 39.1 Å². The van der Waals surface area contributed by atoms with Gasteiger partial charge in [0.2, 0.25) is 5.91 Å². The molecule has 1 aliphatic heterocycles. The van der Waals surface area contributed by atoms with E-state index in [0.717, 1.165) is 42.0 Å². The number of hydrogen-bond donors (Lipinski definition) is 3. The lowest BCUT2D eigenvalue weighted by atomic mass is 10.1. The Balaban J connectivity index is 0.000000676. The van der Waals surface area contributed by atoms with E-state index in [-0.39, 0.29) is 16.7 Å². The minimum atomic E-state index is -5.08. The van der Waals surface area contributed by atoms with Crippen LogP contribution in [0.15, 0.2) is 88.8 Å². The number of carbonyl (C=O) groups is 2. The molecule has 0 fully saturated rings. The summed E-state index contributed by atoms with van der Waals surface area (Å²) >= 11 is 0. The summed E-state index contributed by atoms with van der Waals surface area (Å²) in [5, 5.41) is 13.4. The fraction of sp³-hybridized carbons (Fsp3) is 0.323. The molecule has 1 aliphatic rings. The highest BCUT2D eigenvalue weighted by Crippen LogP contribution is 2.21. The molecule has 0 atom stereocenters. The van der Waals surface area contributed by atoms with E-state index in [1.165, 1.54) is 5.56 Å². The molecule has 236 valence electrons. The molecule has 44 heavy (non-hydrogen) atoms. The Morgan fingerprint density at radius 2 is 1.55 bits per heavy atom. The lowest BCUT2D eigenvalue weighted by molar-refractivity contribution is -0.192. The van der Waals surface area contributed by atoms with Gasteiger partial charge < -0.3 is 20.6 Å². The molecular weight excluding hydrogens is 597 g/mol. The van der Waals surface area contributed by atoms with Gasteiger partial charge in [0, 0.05) is 32.1 Å². The number of likely N-dealkylation sites (N-methyl/N-ethyl adjacent to an activating group) is 1. The summed E-state index contributed by atoms with van der Waals surface area (Å²) in [6.45, 7) is 2.80. The summed E-state index contributed by atoms with van der Waals surface area (Å²) in [6, 6.07) is 25.1. The molecular formula is C31H35F3N4O5S. The zero-order valence-corrected chi connectivity index (χ0v) is 25.0. The van der Waals surface area contributed by atoms with Crippen molar-refractivity contribution in [2.24, 2.45) is 4.99 Å². The number of nitrogens with one attached hydrogen (secondary N) is 2. The van der Waals surface area contributed by atoms with Crippen LogP contribution in [-0.4, -0.2) is 81.4 Å². The lowest BCUT2D eigenvalue weighted by Gasteiger charge is -2.17. The predicted octanol–water partition coefficient (Wildman–Crippen LogP) is 4.14. The maximum absolute atomic E-state index is 12.7. The quantitative estimate of drug-likeness (QED) is 0.256. The van der Waals surface area contributed by atoms with Gasteiger partial charge in [-0.3, -0.25) is 9.79 Å². The first-order chi connectivity index (χ1) is 20.9. The smallest absolute Gasteiger partial charge is 0.475 e. The van der Waals surface area contributed by atoms with Crippen LogP contribution in [0.5, 0.6) is 0 Å². The van der Waals surface area contributed by atoms with Crippen LogP contribution >= 0.6 is 0 Å². The van der Waals surface area contributed by atoms with Crippen LogP contribution in [0.3, 0.4) is 0 Å². The molecule has 4 rings (SSSR count). The van der Waals surface area contributed by atoms with Gasteiger partial charge in [-0.2, -0.15) is 13.2 Å².